The predicted octanol–water partition coefficient (Wildman–Crippen LogP) is 1.54. The Hall–Kier alpha value is -2.18. The highest BCUT2D eigenvalue weighted by atomic mass is 16.5. The minimum atomic E-state index is 0.0749. The monoisotopic (exact) mass is 317 g/mol. The van der Waals surface area contributed by atoms with Gasteiger partial charge in [0.2, 0.25) is 5.91 Å². The first-order valence-electron chi connectivity index (χ1n) is 7.59. The van der Waals surface area contributed by atoms with Gasteiger partial charge in [-0.25, -0.2) is 4.68 Å². The van der Waals surface area contributed by atoms with Gasteiger partial charge < -0.3 is 14.4 Å². The molecule has 1 amide bonds. The largest absolute Gasteiger partial charge is 0.383 e. The fraction of sp³-hybridized carbons (Fsp3) is 0.412. The third-order valence-electron chi connectivity index (χ3n) is 3.54. The van der Waals surface area contributed by atoms with Crippen LogP contribution < -0.4 is 0 Å². The molecule has 0 saturated carbocycles. The Kier molecular flexibility index (Phi) is 6.77. The lowest BCUT2D eigenvalue weighted by atomic mass is 10.1. The molecule has 124 valence electrons. The van der Waals surface area contributed by atoms with E-state index in [2.05, 4.69) is 5.10 Å². The normalized spacial score (nSPS) is 10.7. The molecule has 0 aliphatic heterocycles. The van der Waals surface area contributed by atoms with Gasteiger partial charge in [0, 0.05) is 39.7 Å². The van der Waals surface area contributed by atoms with E-state index < -0.39 is 0 Å². The number of carbonyl (C=O) groups is 1. The molecule has 0 atom stereocenters. The van der Waals surface area contributed by atoms with Gasteiger partial charge in [0.25, 0.3) is 0 Å². The second-order valence-corrected chi connectivity index (χ2v) is 5.16. The van der Waals surface area contributed by atoms with Crippen molar-refractivity contribution in [2.75, 3.05) is 40.5 Å². The van der Waals surface area contributed by atoms with Crippen LogP contribution in [0.2, 0.25) is 0 Å². The summed E-state index contributed by atoms with van der Waals surface area (Å²) in [7, 11) is 3.26. The van der Waals surface area contributed by atoms with E-state index in [-0.39, 0.29) is 5.91 Å². The van der Waals surface area contributed by atoms with Gasteiger partial charge in [-0.05, 0) is 23.8 Å². The standard InChI is InChI=1S/C17H23N3O3/c1-22-12-10-19(11-13-23-2)17(21)14-15-4-6-16(7-5-15)20-9-3-8-18-20/h3-9H,10-14H2,1-2H3. The van der Waals surface area contributed by atoms with E-state index in [0.717, 1.165) is 11.3 Å². The quantitative estimate of drug-likeness (QED) is 0.704. The third kappa shape index (κ3) is 5.19. The molecule has 0 unspecified atom stereocenters. The lowest BCUT2D eigenvalue weighted by Crippen LogP contribution is -2.37. The second kappa shape index (κ2) is 9.07. The van der Waals surface area contributed by atoms with E-state index in [1.54, 1.807) is 30.0 Å². The molecule has 0 aliphatic rings. The molecule has 0 saturated heterocycles. The van der Waals surface area contributed by atoms with E-state index >= 15 is 0 Å². The molecule has 0 radical (unpaired) electrons. The summed E-state index contributed by atoms with van der Waals surface area (Å²) in [5.41, 5.74) is 1.95. The maximum atomic E-state index is 12.4. The highest BCUT2D eigenvalue weighted by Gasteiger charge is 2.13. The maximum Gasteiger partial charge on any atom is 0.227 e. The van der Waals surface area contributed by atoms with Crippen LogP contribution in [0.5, 0.6) is 0 Å². The highest BCUT2D eigenvalue weighted by Crippen LogP contribution is 2.10. The van der Waals surface area contributed by atoms with Crippen LogP contribution in [0.3, 0.4) is 0 Å². The smallest absolute Gasteiger partial charge is 0.227 e. The van der Waals surface area contributed by atoms with Crippen LogP contribution in [-0.4, -0.2) is 61.1 Å². The van der Waals surface area contributed by atoms with Crippen molar-refractivity contribution in [1.82, 2.24) is 14.7 Å². The van der Waals surface area contributed by atoms with E-state index in [0.29, 0.717) is 32.7 Å². The molecule has 1 aromatic heterocycles. The third-order valence-corrected chi connectivity index (χ3v) is 3.54. The van der Waals surface area contributed by atoms with E-state index in [1.807, 2.05) is 36.5 Å². The summed E-state index contributed by atoms with van der Waals surface area (Å²) in [4.78, 5) is 14.2. The summed E-state index contributed by atoms with van der Waals surface area (Å²) in [6.07, 6.45) is 3.99. The molecule has 2 rings (SSSR count). The summed E-state index contributed by atoms with van der Waals surface area (Å²) in [6, 6.07) is 9.72. The zero-order chi connectivity index (χ0) is 16.5. The Balaban J connectivity index is 1.96. The number of carbonyl (C=O) groups excluding carboxylic acids is 1. The lowest BCUT2D eigenvalue weighted by Gasteiger charge is -2.22. The van der Waals surface area contributed by atoms with Crippen molar-refractivity contribution in [2.45, 2.75) is 6.42 Å². The van der Waals surface area contributed by atoms with Crippen molar-refractivity contribution in [2.24, 2.45) is 0 Å². The van der Waals surface area contributed by atoms with Crippen LogP contribution >= 0.6 is 0 Å². The molecule has 0 fully saturated rings. The van der Waals surface area contributed by atoms with Gasteiger partial charge in [-0.15, -0.1) is 0 Å². The number of hydrogen-bond donors (Lipinski definition) is 0. The molecular formula is C17H23N3O3. The highest BCUT2D eigenvalue weighted by molar-refractivity contribution is 5.78. The Morgan fingerprint density at radius 1 is 1.13 bits per heavy atom. The number of nitrogens with zero attached hydrogens (tertiary/aromatic N) is 3. The first-order valence-corrected chi connectivity index (χ1v) is 7.59. The Morgan fingerprint density at radius 3 is 2.30 bits per heavy atom. The van der Waals surface area contributed by atoms with Crippen LogP contribution in [0.25, 0.3) is 5.69 Å². The van der Waals surface area contributed by atoms with Gasteiger partial charge in [0.15, 0.2) is 0 Å². The number of aromatic nitrogens is 2. The van der Waals surface area contributed by atoms with Gasteiger partial charge in [0.1, 0.15) is 0 Å². The van der Waals surface area contributed by atoms with E-state index in [4.69, 9.17) is 9.47 Å². The fourth-order valence-electron chi connectivity index (χ4n) is 2.24. The molecule has 1 aromatic carbocycles. The van der Waals surface area contributed by atoms with Crippen molar-refractivity contribution in [3.8, 4) is 5.69 Å². The zero-order valence-corrected chi connectivity index (χ0v) is 13.6. The predicted molar refractivity (Wildman–Crippen MR) is 87.6 cm³/mol. The molecular weight excluding hydrogens is 294 g/mol. The summed E-state index contributed by atoms with van der Waals surface area (Å²) in [6.45, 7) is 2.19. The van der Waals surface area contributed by atoms with Crippen LogP contribution in [0.4, 0.5) is 0 Å². The minimum Gasteiger partial charge on any atom is -0.383 e. The maximum absolute atomic E-state index is 12.4. The summed E-state index contributed by atoms with van der Waals surface area (Å²) in [5.74, 6) is 0.0749. The molecule has 2 aromatic rings. The summed E-state index contributed by atoms with van der Waals surface area (Å²) >= 11 is 0. The number of rotatable bonds is 9. The van der Waals surface area contributed by atoms with Crippen molar-refractivity contribution >= 4 is 5.91 Å². The molecule has 0 bridgehead atoms. The molecule has 0 spiro atoms. The first kappa shape index (κ1) is 17.2. The Morgan fingerprint density at radius 2 is 1.78 bits per heavy atom. The summed E-state index contributed by atoms with van der Waals surface area (Å²) in [5, 5.41) is 4.19. The lowest BCUT2D eigenvalue weighted by molar-refractivity contribution is -0.131. The van der Waals surface area contributed by atoms with Crippen LogP contribution in [0.15, 0.2) is 42.7 Å². The SMILES string of the molecule is COCCN(CCOC)C(=O)Cc1ccc(-n2cccn2)cc1. The van der Waals surface area contributed by atoms with Crippen molar-refractivity contribution in [3.63, 3.8) is 0 Å². The van der Waals surface area contributed by atoms with Crippen LogP contribution in [-0.2, 0) is 20.7 Å². The number of methoxy groups -OCH3 is 2. The summed E-state index contributed by atoms with van der Waals surface area (Å²) < 4.78 is 11.9. The molecule has 23 heavy (non-hydrogen) atoms. The van der Waals surface area contributed by atoms with Crippen LogP contribution in [0.1, 0.15) is 5.56 Å². The van der Waals surface area contributed by atoms with Gasteiger partial charge >= 0.3 is 0 Å². The van der Waals surface area contributed by atoms with Gasteiger partial charge in [-0.3, -0.25) is 4.79 Å². The number of hydrogen-bond acceptors (Lipinski definition) is 4. The Bertz CT molecular complexity index is 574. The van der Waals surface area contributed by atoms with Crippen molar-refractivity contribution < 1.29 is 14.3 Å². The molecule has 0 aliphatic carbocycles. The molecule has 0 N–H and O–H groups in total. The topological polar surface area (TPSA) is 56.6 Å². The van der Waals surface area contributed by atoms with E-state index in [9.17, 15) is 4.79 Å². The molecule has 6 heteroatoms. The van der Waals surface area contributed by atoms with Crippen LogP contribution in [0, 0.1) is 0 Å². The van der Waals surface area contributed by atoms with Crippen molar-refractivity contribution in [1.29, 1.82) is 0 Å². The number of benzene rings is 1. The van der Waals surface area contributed by atoms with Gasteiger partial charge in [0.05, 0.1) is 25.3 Å². The Labute approximate surface area is 136 Å². The van der Waals surface area contributed by atoms with E-state index in [1.165, 1.54) is 0 Å². The first-order chi connectivity index (χ1) is 11.2. The average molecular weight is 317 g/mol. The molecule has 6 nitrogen and oxygen atoms in total. The van der Waals surface area contributed by atoms with Gasteiger partial charge in [-0.1, -0.05) is 12.1 Å². The number of ether oxygens (including phenoxy) is 2. The second-order valence-electron chi connectivity index (χ2n) is 5.16. The van der Waals surface area contributed by atoms with Gasteiger partial charge in [-0.2, -0.15) is 5.10 Å². The number of amides is 1. The minimum absolute atomic E-state index is 0.0749. The zero-order valence-electron chi connectivity index (χ0n) is 13.6. The fourth-order valence-corrected chi connectivity index (χ4v) is 2.24. The molecule has 1 heterocycles. The van der Waals surface area contributed by atoms with Crippen molar-refractivity contribution in [3.05, 3.63) is 48.3 Å². The average Bonchev–Trinajstić information content (AvgIpc) is 3.10.